The molecule has 0 aliphatic heterocycles. The van der Waals surface area contributed by atoms with Crippen LogP contribution in [0.15, 0.2) is 99.6 Å². The van der Waals surface area contributed by atoms with Crippen LogP contribution in [0.4, 0.5) is 5.69 Å². The summed E-state index contributed by atoms with van der Waals surface area (Å²) < 4.78 is 3.49. The number of nitrogens with zero attached hydrogens (tertiary/aromatic N) is 3. The van der Waals surface area contributed by atoms with Crippen molar-refractivity contribution in [2.45, 2.75) is 38.6 Å². The van der Waals surface area contributed by atoms with E-state index in [-0.39, 0.29) is 10.9 Å². The fourth-order valence-corrected chi connectivity index (χ4v) is 7.72. The van der Waals surface area contributed by atoms with Gasteiger partial charge in [0.15, 0.2) is 0 Å². The highest BCUT2D eigenvalue weighted by Crippen LogP contribution is 2.56. The summed E-state index contributed by atoms with van der Waals surface area (Å²) in [7, 11) is 0. The van der Waals surface area contributed by atoms with E-state index in [1.165, 1.54) is 32.1 Å². The van der Waals surface area contributed by atoms with Gasteiger partial charge in [-0.05, 0) is 98.1 Å². The van der Waals surface area contributed by atoms with Crippen molar-refractivity contribution in [1.82, 2.24) is 9.13 Å². The van der Waals surface area contributed by atoms with Gasteiger partial charge in [0.1, 0.15) is 0 Å². The minimum atomic E-state index is -0.426. The van der Waals surface area contributed by atoms with Gasteiger partial charge in [-0.2, -0.15) is 5.10 Å². The second kappa shape index (κ2) is 9.43. The van der Waals surface area contributed by atoms with Crippen LogP contribution >= 0.6 is 0 Å². The number of benzene rings is 3. The molecule has 1 N–H and O–H groups in total. The van der Waals surface area contributed by atoms with E-state index in [9.17, 15) is 9.59 Å². The van der Waals surface area contributed by atoms with Gasteiger partial charge in [-0.3, -0.25) is 19.6 Å². The van der Waals surface area contributed by atoms with Crippen molar-refractivity contribution < 1.29 is 0 Å². The maximum absolute atomic E-state index is 14.3. The molecule has 4 aliphatic carbocycles. The molecule has 0 spiro atoms. The number of fused-ring (bicyclic) bond motifs is 1. The minimum Gasteiger partial charge on any atom is -0.304 e. The third kappa shape index (κ3) is 3.99. The van der Waals surface area contributed by atoms with Gasteiger partial charge in [0, 0.05) is 12.2 Å². The van der Waals surface area contributed by atoms with Gasteiger partial charge in [0.2, 0.25) is 5.36 Å². The zero-order valence-corrected chi connectivity index (χ0v) is 21.4. The van der Waals surface area contributed by atoms with Crippen molar-refractivity contribution in [1.29, 1.82) is 0 Å². The Hall–Kier alpha value is -3.93. The molecule has 1 heterocycles. The highest BCUT2D eigenvalue weighted by molar-refractivity contribution is 5.76. The molecule has 0 unspecified atom stereocenters. The van der Waals surface area contributed by atoms with Crippen LogP contribution in [0.1, 0.15) is 32.1 Å². The van der Waals surface area contributed by atoms with Crippen LogP contribution in [-0.2, 0) is 6.54 Å². The quantitative estimate of drug-likeness (QED) is 0.382. The average molecular weight is 505 g/mol. The lowest BCUT2D eigenvalue weighted by Crippen LogP contribution is -2.49. The van der Waals surface area contributed by atoms with E-state index in [0.717, 1.165) is 23.0 Å². The average Bonchev–Trinajstić information content (AvgIpc) is 3.02. The summed E-state index contributed by atoms with van der Waals surface area (Å²) >= 11 is 0. The molecule has 192 valence electrons. The van der Waals surface area contributed by atoms with Crippen LogP contribution in [0.25, 0.3) is 16.7 Å². The monoisotopic (exact) mass is 504 g/mol. The number of hydrogen-bond donors (Lipinski definition) is 1. The molecule has 8 rings (SSSR count). The van der Waals surface area contributed by atoms with Crippen LogP contribution in [0, 0.1) is 29.6 Å². The van der Waals surface area contributed by atoms with Crippen LogP contribution < -0.4 is 21.9 Å². The molecule has 0 amide bonds. The fraction of sp³-hybridized carbons (Fsp3) is 0.344. The lowest BCUT2D eigenvalue weighted by molar-refractivity contribution is -0.0429. The molecule has 6 heteroatoms. The van der Waals surface area contributed by atoms with Crippen LogP contribution in [0.3, 0.4) is 0 Å². The maximum atomic E-state index is 14.3. The molecular formula is C32H32N4O2. The largest absolute Gasteiger partial charge is 0.304 e. The molecule has 4 saturated carbocycles. The third-order valence-electron chi connectivity index (χ3n) is 9.17. The summed E-state index contributed by atoms with van der Waals surface area (Å²) in [6, 6.07) is 26.8. The van der Waals surface area contributed by atoms with E-state index < -0.39 is 5.56 Å². The van der Waals surface area contributed by atoms with Crippen molar-refractivity contribution in [3.63, 3.8) is 0 Å². The molecule has 4 aromatic rings. The first-order chi connectivity index (χ1) is 18.7. The van der Waals surface area contributed by atoms with Gasteiger partial charge in [-0.25, -0.2) is 0 Å². The highest BCUT2D eigenvalue weighted by atomic mass is 16.1. The Bertz CT molecular complexity index is 1650. The SMILES string of the molecule is O=c1/c(=N/Nc2ccccc2)c(=O)n(-c2ccccc2)c2ccccc2n1CC1C2CC3CC(C2)CC1C3. The molecule has 4 aliphatic rings. The van der Waals surface area contributed by atoms with E-state index >= 15 is 0 Å². The molecule has 0 saturated heterocycles. The van der Waals surface area contributed by atoms with Crippen LogP contribution in [-0.4, -0.2) is 9.13 Å². The molecule has 38 heavy (non-hydrogen) atoms. The minimum absolute atomic E-state index is 0.0993. The van der Waals surface area contributed by atoms with E-state index in [0.29, 0.717) is 35.5 Å². The second-order valence-electron chi connectivity index (χ2n) is 11.4. The Morgan fingerprint density at radius 3 is 1.92 bits per heavy atom. The summed E-state index contributed by atoms with van der Waals surface area (Å²) in [5.41, 5.74) is 5.13. The number of aromatic nitrogens is 2. The van der Waals surface area contributed by atoms with Gasteiger partial charge >= 0.3 is 0 Å². The maximum Gasteiger partial charge on any atom is 0.289 e. The lowest BCUT2D eigenvalue weighted by Gasteiger charge is -2.54. The van der Waals surface area contributed by atoms with Crippen LogP contribution in [0.5, 0.6) is 0 Å². The molecule has 0 atom stereocenters. The molecule has 1 aromatic heterocycles. The summed E-state index contributed by atoms with van der Waals surface area (Å²) in [6.07, 6.45) is 6.54. The zero-order valence-electron chi connectivity index (χ0n) is 21.4. The van der Waals surface area contributed by atoms with E-state index in [1.54, 1.807) is 4.57 Å². The van der Waals surface area contributed by atoms with Crippen molar-refractivity contribution >= 4 is 16.7 Å². The Kier molecular flexibility index (Phi) is 5.76. The predicted octanol–water partition coefficient (Wildman–Crippen LogP) is 5.15. The van der Waals surface area contributed by atoms with Crippen molar-refractivity contribution in [3.8, 4) is 5.69 Å². The van der Waals surface area contributed by atoms with Gasteiger partial charge in [-0.1, -0.05) is 48.5 Å². The first-order valence-electron chi connectivity index (χ1n) is 13.8. The second-order valence-corrected chi connectivity index (χ2v) is 11.4. The molecule has 6 nitrogen and oxygen atoms in total. The van der Waals surface area contributed by atoms with E-state index in [1.807, 2.05) is 89.5 Å². The summed E-state index contributed by atoms with van der Waals surface area (Å²) in [4.78, 5) is 28.4. The van der Waals surface area contributed by atoms with E-state index in [4.69, 9.17) is 0 Å². The number of rotatable bonds is 5. The van der Waals surface area contributed by atoms with E-state index in [2.05, 4.69) is 10.5 Å². The predicted molar refractivity (Wildman–Crippen MR) is 150 cm³/mol. The molecule has 3 aromatic carbocycles. The standard InChI is InChI=1S/C32H32N4O2/c37-31-30(34-33-25-9-3-1-4-10-25)32(38)36(26-11-5-2-6-12-26)29-14-8-7-13-28(29)35(31)20-27-23-16-21-15-22(18-23)19-24(27)17-21/h1-14,21-24,27,33H,15-20H2/b34-30-. The summed E-state index contributed by atoms with van der Waals surface area (Å²) in [5.74, 6) is 3.52. The van der Waals surface area contributed by atoms with Gasteiger partial charge in [0.25, 0.3) is 11.1 Å². The summed E-state index contributed by atoms with van der Waals surface area (Å²) in [6.45, 7) is 0.630. The van der Waals surface area contributed by atoms with Gasteiger partial charge in [0.05, 0.1) is 16.7 Å². The van der Waals surface area contributed by atoms with Gasteiger partial charge < -0.3 is 4.57 Å². The number of anilines is 1. The summed E-state index contributed by atoms with van der Waals surface area (Å²) in [5, 5.41) is 4.35. The van der Waals surface area contributed by atoms with Gasteiger partial charge in [-0.15, -0.1) is 0 Å². The molecule has 0 radical (unpaired) electrons. The normalized spacial score (nSPS) is 26.1. The number of hydrogen-bond acceptors (Lipinski definition) is 4. The van der Waals surface area contributed by atoms with Crippen LogP contribution in [0.2, 0.25) is 0 Å². The fourth-order valence-electron chi connectivity index (χ4n) is 7.72. The molecule has 4 bridgehead atoms. The Balaban J connectivity index is 1.47. The number of para-hydroxylation sites is 4. The Labute approximate surface area is 221 Å². The zero-order chi connectivity index (χ0) is 25.6. The van der Waals surface area contributed by atoms with Crippen molar-refractivity contribution in [2.24, 2.45) is 34.7 Å². The third-order valence-corrected chi connectivity index (χ3v) is 9.17. The molecular weight excluding hydrogens is 472 g/mol. The molecule has 4 fully saturated rings. The number of nitrogens with one attached hydrogen (secondary N) is 1. The first-order valence-corrected chi connectivity index (χ1v) is 13.8. The topological polar surface area (TPSA) is 68.4 Å². The highest BCUT2D eigenvalue weighted by Gasteiger charge is 2.48. The smallest absolute Gasteiger partial charge is 0.289 e. The van der Waals surface area contributed by atoms with Crippen molar-refractivity contribution in [3.05, 3.63) is 111 Å². The Morgan fingerprint density at radius 1 is 0.684 bits per heavy atom. The van der Waals surface area contributed by atoms with Crippen molar-refractivity contribution in [2.75, 3.05) is 5.43 Å². The lowest BCUT2D eigenvalue weighted by atomic mass is 9.52. The first kappa shape index (κ1) is 23.2. The Morgan fingerprint density at radius 2 is 1.26 bits per heavy atom.